The fourth-order valence-corrected chi connectivity index (χ4v) is 6.21. The van der Waals surface area contributed by atoms with Crippen molar-refractivity contribution in [2.24, 2.45) is 0 Å². The fraction of sp³-hybridized carbons (Fsp3) is 0.407. The van der Waals surface area contributed by atoms with E-state index < -0.39 is 29.6 Å². The number of esters is 1. The zero-order chi connectivity index (χ0) is 26.4. The van der Waals surface area contributed by atoms with Gasteiger partial charge in [0, 0.05) is 21.5 Å². The normalized spacial score (nSPS) is 22.2. The lowest BCUT2D eigenvalue weighted by Crippen LogP contribution is -2.44. The van der Waals surface area contributed by atoms with Gasteiger partial charge in [-0.15, -0.1) is 0 Å². The number of ether oxygens (including phenoxy) is 1. The lowest BCUT2D eigenvalue weighted by molar-refractivity contribution is -0.172. The van der Waals surface area contributed by atoms with Crippen LogP contribution in [0.1, 0.15) is 66.1 Å². The minimum atomic E-state index is -1.92. The molecule has 0 saturated heterocycles. The smallest absolute Gasteiger partial charge is 0.343 e. The molecule has 3 N–H and O–H groups in total. The van der Waals surface area contributed by atoms with E-state index in [0.717, 1.165) is 27.6 Å². The van der Waals surface area contributed by atoms with Crippen LogP contribution in [0.2, 0.25) is 5.02 Å². The Balaban J connectivity index is 1.65. The quantitative estimate of drug-likeness (QED) is 0.352. The molecule has 1 amide bonds. The molecule has 1 aliphatic carbocycles. The molecule has 1 aromatic carbocycles. The van der Waals surface area contributed by atoms with E-state index in [0.29, 0.717) is 34.8 Å². The highest BCUT2D eigenvalue weighted by Crippen LogP contribution is 2.46. The number of pyridine rings is 2. The monoisotopic (exact) mass is 523 g/mol. The summed E-state index contributed by atoms with van der Waals surface area (Å²) < 4.78 is 6.75. The van der Waals surface area contributed by atoms with Crippen LogP contribution in [0.3, 0.4) is 0 Å². The van der Waals surface area contributed by atoms with Crippen molar-refractivity contribution in [3.8, 4) is 11.4 Å². The predicted molar refractivity (Wildman–Crippen MR) is 135 cm³/mol. The summed E-state index contributed by atoms with van der Waals surface area (Å²) in [6, 6.07) is 3.06. The molecule has 2 aromatic heterocycles. The molecule has 6 rings (SSSR count). The van der Waals surface area contributed by atoms with E-state index in [1.807, 2.05) is 6.92 Å². The van der Waals surface area contributed by atoms with E-state index in [-0.39, 0.29) is 36.3 Å². The molecule has 2 unspecified atom stereocenters. The van der Waals surface area contributed by atoms with Crippen LogP contribution in [-0.2, 0) is 39.5 Å². The number of rotatable bonds is 3. The van der Waals surface area contributed by atoms with E-state index in [4.69, 9.17) is 21.3 Å². The Hall–Kier alpha value is -3.27. The molecule has 0 radical (unpaired) electrons. The topological polar surface area (TPSA) is 131 Å². The number of nitrogens with zero attached hydrogens (tertiary/aromatic N) is 2. The van der Waals surface area contributed by atoms with Gasteiger partial charge < -0.3 is 24.8 Å². The van der Waals surface area contributed by atoms with E-state index >= 15 is 0 Å². The number of aromatic nitrogens is 2. The van der Waals surface area contributed by atoms with E-state index in [9.17, 15) is 24.6 Å². The van der Waals surface area contributed by atoms with Gasteiger partial charge in [-0.25, -0.2) is 9.78 Å². The maximum atomic E-state index is 13.6. The number of hydrogen-bond acceptors (Lipinski definition) is 7. The number of halogens is 1. The highest BCUT2D eigenvalue weighted by molar-refractivity contribution is 6.32. The number of aliphatic hydroxyl groups excluding tert-OH is 1. The number of carbonyl (C=O) groups excluding carboxylic acids is 2. The first-order valence-electron chi connectivity index (χ1n) is 12.4. The third kappa shape index (κ3) is 3.24. The second-order valence-electron chi connectivity index (χ2n) is 10.1. The Bertz CT molecular complexity index is 1610. The number of amides is 1. The number of carbonyl (C=O) groups is 2. The van der Waals surface area contributed by atoms with Crippen molar-refractivity contribution in [1.82, 2.24) is 14.9 Å². The SMILES string of the molecule is CC[C@@]1(O)C(=O)OCc2c1cc1n(c2=O)Cc2c-1nc1cc(Cl)c(C)c3c1c2C(NC(=O)C(C)O)CC3. The molecule has 0 fully saturated rings. The number of aliphatic hydroxyl groups is 2. The van der Waals surface area contributed by atoms with Crippen molar-refractivity contribution in [3.05, 3.63) is 60.9 Å². The third-order valence-electron chi connectivity index (χ3n) is 8.07. The molecule has 192 valence electrons. The number of benzene rings is 1. The average Bonchev–Trinajstić information content (AvgIpc) is 3.24. The molecule has 3 atom stereocenters. The average molecular weight is 524 g/mol. The maximum absolute atomic E-state index is 13.6. The molecule has 9 nitrogen and oxygen atoms in total. The number of nitrogens with one attached hydrogen (secondary N) is 1. The summed E-state index contributed by atoms with van der Waals surface area (Å²) in [6.45, 7) is 5.04. The Kier molecular flexibility index (Phi) is 5.28. The van der Waals surface area contributed by atoms with E-state index in [1.54, 1.807) is 23.6 Å². The Morgan fingerprint density at radius 1 is 1.32 bits per heavy atom. The van der Waals surface area contributed by atoms with Gasteiger partial charge in [0.1, 0.15) is 12.7 Å². The summed E-state index contributed by atoms with van der Waals surface area (Å²) in [5.41, 5.74) is 3.54. The molecule has 0 spiro atoms. The summed E-state index contributed by atoms with van der Waals surface area (Å²) >= 11 is 6.57. The fourth-order valence-electron chi connectivity index (χ4n) is 5.99. The van der Waals surface area contributed by atoms with Gasteiger partial charge in [-0.05, 0) is 61.9 Å². The standard InChI is InChI=1S/C27H26ClN3O6/c1-4-27(36)16-7-20-23-14(9-31(20)25(34)15(16)10-37-26(27)35)22-18(30-24(33)12(3)32)6-5-13-11(2)17(28)8-19(29-23)21(13)22/h7-8,12,18,32,36H,4-6,9-10H2,1-3H3,(H,30,33)/t12?,18?,27-/m0/s1. The van der Waals surface area contributed by atoms with Crippen LogP contribution in [0, 0.1) is 6.92 Å². The predicted octanol–water partition coefficient (Wildman–Crippen LogP) is 2.53. The van der Waals surface area contributed by atoms with Crippen LogP contribution in [0.5, 0.6) is 0 Å². The van der Waals surface area contributed by atoms with Crippen molar-refractivity contribution in [2.75, 3.05) is 0 Å². The Morgan fingerprint density at radius 3 is 2.78 bits per heavy atom. The molecular weight excluding hydrogens is 498 g/mol. The van der Waals surface area contributed by atoms with Crippen molar-refractivity contribution in [1.29, 1.82) is 0 Å². The molecule has 3 aliphatic rings. The molecule has 4 heterocycles. The summed E-state index contributed by atoms with van der Waals surface area (Å²) in [5.74, 6) is -1.26. The molecule has 10 heteroatoms. The van der Waals surface area contributed by atoms with Crippen molar-refractivity contribution < 1.29 is 24.5 Å². The van der Waals surface area contributed by atoms with Gasteiger partial charge in [-0.3, -0.25) is 9.59 Å². The van der Waals surface area contributed by atoms with Gasteiger partial charge in [0.25, 0.3) is 5.56 Å². The second kappa shape index (κ2) is 8.11. The van der Waals surface area contributed by atoms with Gasteiger partial charge >= 0.3 is 5.97 Å². The Labute approximate surface area is 217 Å². The van der Waals surface area contributed by atoms with Crippen LogP contribution in [0.15, 0.2) is 16.9 Å². The van der Waals surface area contributed by atoms with Crippen LogP contribution >= 0.6 is 11.6 Å². The lowest BCUT2D eigenvalue weighted by atomic mass is 9.81. The first-order valence-corrected chi connectivity index (χ1v) is 12.7. The van der Waals surface area contributed by atoms with Crippen LogP contribution < -0.4 is 10.9 Å². The van der Waals surface area contributed by atoms with Gasteiger partial charge in [-0.1, -0.05) is 18.5 Å². The van der Waals surface area contributed by atoms with Gasteiger partial charge in [0.2, 0.25) is 5.91 Å². The molecule has 37 heavy (non-hydrogen) atoms. The van der Waals surface area contributed by atoms with Crippen LogP contribution in [0.25, 0.3) is 22.3 Å². The molecule has 3 aromatic rings. The minimum absolute atomic E-state index is 0.0523. The number of hydrogen-bond donors (Lipinski definition) is 3. The first-order chi connectivity index (χ1) is 17.6. The summed E-state index contributed by atoms with van der Waals surface area (Å²) in [5, 5.41) is 25.5. The van der Waals surface area contributed by atoms with Crippen molar-refractivity contribution in [2.45, 2.75) is 70.9 Å². The number of aryl methyl sites for hydroxylation is 1. The number of cyclic esters (lactones) is 1. The molecule has 0 bridgehead atoms. The molecular formula is C27H26ClN3O6. The highest BCUT2D eigenvalue weighted by Gasteiger charge is 2.46. The molecule has 0 saturated carbocycles. The minimum Gasteiger partial charge on any atom is -0.458 e. The lowest BCUT2D eigenvalue weighted by Gasteiger charge is -2.31. The van der Waals surface area contributed by atoms with E-state index in [1.165, 1.54) is 6.92 Å². The summed E-state index contributed by atoms with van der Waals surface area (Å²) in [6.07, 6.45) is 0.148. The zero-order valence-electron chi connectivity index (χ0n) is 20.6. The van der Waals surface area contributed by atoms with Gasteiger partial charge in [-0.2, -0.15) is 0 Å². The summed E-state index contributed by atoms with van der Waals surface area (Å²) in [7, 11) is 0. The number of fused-ring (bicyclic) bond motifs is 5. The van der Waals surface area contributed by atoms with Crippen LogP contribution in [0.4, 0.5) is 0 Å². The molecule has 2 aliphatic heterocycles. The second-order valence-corrected chi connectivity index (χ2v) is 10.5. The maximum Gasteiger partial charge on any atom is 0.343 e. The highest BCUT2D eigenvalue weighted by atomic mass is 35.5. The third-order valence-corrected chi connectivity index (χ3v) is 8.47. The first kappa shape index (κ1) is 24.1. The Morgan fingerprint density at radius 2 is 2.08 bits per heavy atom. The van der Waals surface area contributed by atoms with Crippen molar-refractivity contribution >= 4 is 34.4 Å². The largest absolute Gasteiger partial charge is 0.458 e. The summed E-state index contributed by atoms with van der Waals surface area (Å²) in [4.78, 5) is 43.6. The van der Waals surface area contributed by atoms with Gasteiger partial charge in [0.15, 0.2) is 5.60 Å². The van der Waals surface area contributed by atoms with Crippen molar-refractivity contribution in [3.63, 3.8) is 0 Å². The van der Waals surface area contributed by atoms with Gasteiger partial charge in [0.05, 0.1) is 35.1 Å². The van der Waals surface area contributed by atoms with Crippen LogP contribution in [-0.4, -0.2) is 37.7 Å². The zero-order valence-corrected chi connectivity index (χ0v) is 21.4. The van der Waals surface area contributed by atoms with E-state index in [2.05, 4.69) is 5.32 Å².